The minimum Gasteiger partial charge on any atom is -0.381 e. The smallest absolute Gasteiger partial charge is 0.239 e. The number of β-amino-alcohol motifs (C(OH)–C–C–N with tert-alkyl or cyclic N) is 1. The number of aryl methyl sites for hydroxylation is 2. The van der Waals surface area contributed by atoms with Gasteiger partial charge in [-0.25, -0.2) is 14.3 Å². The van der Waals surface area contributed by atoms with E-state index in [1.807, 2.05) is 29.8 Å². The van der Waals surface area contributed by atoms with Gasteiger partial charge in [0.25, 0.3) is 0 Å². The molecule has 5 heterocycles. The van der Waals surface area contributed by atoms with Crippen molar-refractivity contribution in [3.8, 4) is 5.95 Å². The summed E-state index contributed by atoms with van der Waals surface area (Å²) >= 11 is 1.66. The van der Waals surface area contributed by atoms with E-state index in [0.29, 0.717) is 43.6 Å². The predicted molar refractivity (Wildman–Crippen MR) is 142 cm³/mol. The lowest BCUT2D eigenvalue weighted by molar-refractivity contribution is -0.0192. The maximum Gasteiger partial charge on any atom is 0.239 e. The fraction of sp³-hybridized carbons (Fsp3) is 0.520. The maximum atomic E-state index is 11.8. The normalized spacial score (nSPS) is 21.6. The number of aromatic nitrogens is 6. The first-order chi connectivity index (χ1) is 17.5. The summed E-state index contributed by atoms with van der Waals surface area (Å²) in [5.74, 6) is 2.90. The number of nitrogens with zero attached hydrogens (tertiary/aromatic N) is 8. The number of para-hydroxylation sites is 2. The predicted octanol–water partition coefficient (Wildman–Crippen LogP) is 2.66. The van der Waals surface area contributed by atoms with Crippen LogP contribution in [0.5, 0.6) is 0 Å². The van der Waals surface area contributed by atoms with Crippen molar-refractivity contribution in [2.24, 2.45) is 7.05 Å². The number of hydrogen-bond acceptors (Lipinski definition) is 9. The molecule has 36 heavy (non-hydrogen) atoms. The van der Waals surface area contributed by atoms with Gasteiger partial charge in [0.05, 0.1) is 24.2 Å². The molecule has 1 aromatic carbocycles. The average Bonchev–Trinajstić information content (AvgIpc) is 3.46. The zero-order chi connectivity index (χ0) is 24.9. The summed E-state index contributed by atoms with van der Waals surface area (Å²) in [7, 11) is 1.95. The molecule has 0 aliphatic carbocycles. The number of hydrogen-bond donors (Lipinski definition) is 1. The number of ether oxygens (including phenoxy) is 1. The fourth-order valence-electron chi connectivity index (χ4n) is 5.42. The Hall–Kier alpha value is -2.73. The summed E-state index contributed by atoms with van der Waals surface area (Å²) in [5.41, 5.74) is 2.28. The van der Waals surface area contributed by atoms with E-state index in [1.54, 1.807) is 11.9 Å². The Morgan fingerprint density at radius 2 is 1.89 bits per heavy atom. The van der Waals surface area contributed by atoms with E-state index in [9.17, 15) is 5.11 Å². The van der Waals surface area contributed by atoms with Crippen LogP contribution in [-0.2, 0) is 23.8 Å². The van der Waals surface area contributed by atoms with Crippen LogP contribution >= 0.6 is 11.9 Å². The third kappa shape index (κ3) is 3.85. The Labute approximate surface area is 214 Å². The second-order valence-electron chi connectivity index (χ2n) is 9.50. The van der Waals surface area contributed by atoms with Crippen molar-refractivity contribution < 1.29 is 9.84 Å². The van der Waals surface area contributed by atoms with Crippen LogP contribution in [0.3, 0.4) is 0 Å². The standard InChI is InChI=1S/C25H32N8O2S/c1-4-19-26-17-8-5-6-9-18(17)33(19)24-28-21-20(22(29-24)31-12-14-35-15-13-31)27-23(30(21)2)25(34)10-7-11-32(16-25)36-3/h5-6,8-9,34H,4,7,10-16H2,1-3H3. The van der Waals surface area contributed by atoms with Gasteiger partial charge in [0.1, 0.15) is 17.2 Å². The first kappa shape index (κ1) is 23.7. The summed E-state index contributed by atoms with van der Waals surface area (Å²) in [6.07, 6.45) is 4.38. The third-order valence-electron chi connectivity index (χ3n) is 7.26. The molecule has 1 atom stereocenters. The highest BCUT2D eigenvalue weighted by Crippen LogP contribution is 2.36. The van der Waals surface area contributed by atoms with Crippen molar-refractivity contribution in [3.05, 3.63) is 35.9 Å². The number of fused-ring (bicyclic) bond motifs is 2. The molecule has 4 aromatic rings. The van der Waals surface area contributed by atoms with Crippen molar-refractivity contribution in [1.29, 1.82) is 0 Å². The Morgan fingerprint density at radius 3 is 2.67 bits per heavy atom. The molecule has 2 fully saturated rings. The van der Waals surface area contributed by atoms with E-state index in [-0.39, 0.29) is 0 Å². The first-order valence-electron chi connectivity index (χ1n) is 12.6. The van der Waals surface area contributed by atoms with Crippen LogP contribution < -0.4 is 4.90 Å². The Bertz CT molecular complexity index is 1410. The number of imidazole rings is 2. The van der Waals surface area contributed by atoms with Crippen molar-refractivity contribution in [3.63, 3.8) is 0 Å². The number of morpholine rings is 1. The van der Waals surface area contributed by atoms with Gasteiger partial charge in [-0.15, -0.1) is 0 Å². The third-order valence-corrected chi connectivity index (χ3v) is 8.08. The molecule has 10 nitrogen and oxygen atoms in total. The van der Waals surface area contributed by atoms with Gasteiger partial charge in [-0.2, -0.15) is 9.97 Å². The van der Waals surface area contributed by atoms with Crippen LogP contribution in [0, 0.1) is 0 Å². The Balaban J connectivity index is 1.58. The monoisotopic (exact) mass is 508 g/mol. The van der Waals surface area contributed by atoms with Crippen LogP contribution in [0.15, 0.2) is 24.3 Å². The Morgan fingerprint density at radius 1 is 1.08 bits per heavy atom. The minimum atomic E-state index is -1.05. The molecule has 1 N–H and O–H groups in total. The molecular weight excluding hydrogens is 476 g/mol. The van der Waals surface area contributed by atoms with Gasteiger partial charge >= 0.3 is 0 Å². The number of benzene rings is 1. The largest absolute Gasteiger partial charge is 0.381 e. The van der Waals surface area contributed by atoms with Gasteiger partial charge in [0.2, 0.25) is 5.95 Å². The summed E-state index contributed by atoms with van der Waals surface area (Å²) in [5, 5.41) is 11.8. The molecule has 0 saturated carbocycles. The lowest BCUT2D eigenvalue weighted by atomic mass is 9.93. The highest BCUT2D eigenvalue weighted by molar-refractivity contribution is 7.96. The maximum absolute atomic E-state index is 11.8. The van der Waals surface area contributed by atoms with Crippen LogP contribution in [0.2, 0.25) is 0 Å². The van der Waals surface area contributed by atoms with Crippen molar-refractivity contribution in [2.75, 3.05) is 50.5 Å². The molecule has 0 radical (unpaired) electrons. The van der Waals surface area contributed by atoms with Crippen LogP contribution in [0.25, 0.3) is 28.1 Å². The molecule has 6 rings (SSSR count). The molecular formula is C25H32N8O2S. The lowest BCUT2D eigenvalue weighted by Gasteiger charge is -2.37. The van der Waals surface area contributed by atoms with Gasteiger partial charge in [0, 0.05) is 39.6 Å². The second-order valence-corrected chi connectivity index (χ2v) is 10.4. The van der Waals surface area contributed by atoms with E-state index in [4.69, 9.17) is 24.7 Å². The molecule has 2 aliphatic rings. The summed E-state index contributed by atoms with van der Waals surface area (Å²) in [6, 6.07) is 8.09. The lowest BCUT2D eigenvalue weighted by Crippen LogP contribution is -2.44. The van der Waals surface area contributed by atoms with E-state index >= 15 is 0 Å². The molecule has 11 heteroatoms. The second kappa shape index (κ2) is 9.29. The minimum absolute atomic E-state index is 0.532. The van der Waals surface area contributed by atoms with Crippen molar-refractivity contribution >= 4 is 40.0 Å². The van der Waals surface area contributed by atoms with Gasteiger partial charge in [-0.1, -0.05) is 31.0 Å². The van der Waals surface area contributed by atoms with Crippen molar-refractivity contribution in [1.82, 2.24) is 33.4 Å². The molecule has 0 amide bonds. The van der Waals surface area contributed by atoms with E-state index < -0.39 is 5.60 Å². The fourth-order valence-corrected chi connectivity index (χ4v) is 6.07. The summed E-state index contributed by atoms with van der Waals surface area (Å²) in [6.45, 7) is 6.33. The quantitative estimate of drug-likeness (QED) is 0.408. The highest BCUT2D eigenvalue weighted by atomic mass is 32.2. The zero-order valence-electron chi connectivity index (χ0n) is 21.0. The van der Waals surface area contributed by atoms with Gasteiger partial charge in [0.15, 0.2) is 17.0 Å². The topological polar surface area (TPSA) is 97.4 Å². The number of aliphatic hydroxyl groups is 1. The summed E-state index contributed by atoms with van der Waals surface area (Å²) in [4.78, 5) is 22.2. The van der Waals surface area contributed by atoms with Gasteiger partial charge in [-0.3, -0.25) is 4.57 Å². The molecule has 3 aromatic heterocycles. The molecule has 0 bridgehead atoms. The average molecular weight is 509 g/mol. The van der Waals surface area contributed by atoms with E-state index in [1.165, 1.54) is 0 Å². The Kier molecular flexibility index (Phi) is 6.11. The molecule has 190 valence electrons. The van der Waals surface area contributed by atoms with Crippen LogP contribution in [0.4, 0.5) is 5.82 Å². The number of anilines is 1. The van der Waals surface area contributed by atoms with Crippen LogP contribution in [0.1, 0.15) is 31.4 Å². The zero-order valence-corrected chi connectivity index (χ0v) is 21.8. The SMILES string of the molecule is CCc1nc2ccccc2n1-c1nc(N2CCOCC2)c2nc(C3(O)CCCN(SC)C3)n(C)c2n1. The summed E-state index contributed by atoms with van der Waals surface area (Å²) < 4.78 is 11.8. The molecule has 0 spiro atoms. The van der Waals surface area contributed by atoms with Crippen LogP contribution in [-0.4, -0.2) is 84.1 Å². The molecule has 1 unspecified atom stereocenters. The van der Waals surface area contributed by atoms with Gasteiger partial charge in [-0.05, 0) is 31.2 Å². The number of rotatable bonds is 5. The van der Waals surface area contributed by atoms with Gasteiger partial charge < -0.3 is 19.3 Å². The van der Waals surface area contributed by atoms with Crippen molar-refractivity contribution in [2.45, 2.75) is 31.8 Å². The van der Waals surface area contributed by atoms with E-state index in [2.05, 4.69) is 33.0 Å². The number of piperidine rings is 1. The molecule has 2 saturated heterocycles. The van der Waals surface area contributed by atoms with E-state index in [0.717, 1.165) is 60.7 Å². The first-order valence-corrected chi connectivity index (χ1v) is 13.8. The highest BCUT2D eigenvalue weighted by Gasteiger charge is 2.40. The molecule has 2 aliphatic heterocycles.